The molecule has 0 saturated carbocycles. The van der Waals surface area contributed by atoms with Crippen molar-refractivity contribution in [1.29, 1.82) is 0 Å². The third-order valence-corrected chi connectivity index (χ3v) is 3.63. The molecule has 2 aromatic rings. The second kappa shape index (κ2) is 4.68. The van der Waals surface area contributed by atoms with Crippen LogP contribution in [-0.2, 0) is 6.54 Å². The summed E-state index contributed by atoms with van der Waals surface area (Å²) in [6.45, 7) is 5.09. The van der Waals surface area contributed by atoms with Crippen molar-refractivity contribution >= 4 is 21.9 Å². The van der Waals surface area contributed by atoms with Crippen LogP contribution in [0.2, 0.25) is 0 Å². The van der Waals surface area contributed by atoms with Crippen LogP contribution in [0.5, 0.6) is 0 Å². The van der Waals surface area contributed by atoms with Crippen LogP contribution in [0.4, 0.5) is 5.95 Å². The number of aryl methyl sites for hydroxylation is 1. The minimum Gasteiger partial charge on any atom is -0.340 e. The Balaban J connectivity index is 1.57. The minimum absolute atomic E-state index is 0.658. The van der Waals surface area contributed by atoms with Crippen LogP contribution in [0.25, 0.3) is 0 Å². The SMILES string of the molecule is Cc1nccn1CC1CN(c2ncc(Br)cn2)C1. The molecule has 0 atom stereocenters. The summed E-state index contributed by atoms with van der Waals surface area (Å²) in [7, 11) is 0. The van der Waals surface area contributed by atoms with Gasteiger partial charge in [-0.05, 0) is 22.9 Å². The summed E-state index contributed by atoms with van der Waals surface area (Å²) in [4.78, 5) is 15.0. The summed E-state index contributed by atoms with van der Waals surface area (Å²) in [6.07, 6.45) is 7.46. The molecule has 1 saturated heterocycles. The number of nitrogens with zero attached hydrogens (tertiary/aromatic N) is 5. The fourth-order valence-electron chi connectivity index (χ4n) is 2.19. The maximum absolute atomic E-state index is 4.30. The quantitative estimate of drug-likeness (QED) is 0.868. The molecule has 5 nitrogen and oxygen atoms in total. The molecule has 0 unspecified atom stereocenters. The zero-order chi connectivity index (χ0) is 12.5. The first kappa shape index (κ1) is 11.6. The average molecular weight is 308 g/mol. The molecular formula is C12H14BrN5. The summed E-state index contributed by atoms with van der Waals surface area (Å²) in [5.74, 6) is 2.55. The van der Waals surface area contributed by atoms with Crippen LogP contribution >= 0.6 is 15.9 Å². The average Bonchev–Trinajstić information content (AvgIpc) is 2.71. The number of aromatic nitrogens is 4. The van der Waals surface area contributed by atoms with E-state index in [4.69, 9.17) is 0 Å². The molecule has 0 amide bonds. The zero-order valence-electron chi connectivity index (χ0n) is 10.1. The number of hydrogen-bond acceptors (Lipinski definition) is 4. The van der Waals surface area contributed by atoms with Gasteiger partial charge in [0.05, 0.1) is 4.47 Å². The number of hydrogen-bond donors (Lipinski definition) is 0. The Kier molecular flexibility index (Phi) is 3.03. The summed E-state index contributed by atoms with van der Waals surface area (Å²) in [6, 6.07) is 0. The van der Waals surface area contributed by atoms with Crippen molar-refractivity contribution in [2.75, 3.05) is 18.0 Å². The lowest BCUT2D eigenvalue weighted by atomic mass is 10.0. The van der Waals surface area contributed by atoms with E-state index in [1.165, 1.54) is 0 Å². The molecule has 3 heterocycles. The van der Waals surface area contributed by atoms with Crippen LogP contribution in [0.1, 0.15) is 5.82 Å². The van der Waals surface area contributed by atoms with Crippen molar-refractivity contribution in [3.05, 3.63) is 35.1 Å². The fourth-order valence-corrected chi connectivity index (χ4v) is 2.40. The molecule has 2 aromatic heterocycles. The predicted molar refractivity (Wildman–Crippen MR) is 72.4 cm³/mol. The molecule has 0 N–H and O–H groups in total. The molecule has 18 heavy (non-hydrogen) atoms. The summed E-state index contributed by atoms with van der Waals surface area (Å²) in [5, 5.41) is 0. The first-order valence-corrected chi connectivity index (χ1v) is 6.72. The van der Waals surface area contributed by atoms with Gasteiger partial charge in [0.25, 0.3) is 0 Å². The van der Waals surface area contributed by atoms with Crippen molar-refractivity contribution in [3.63, 3.8) is 0 Å². The van der Waals surface area contributed by atoms with Crippen molar-refractivity contribution < 1.29 is 0 Å². The molecule has 0 radical (unpaired) electrons. The van der Waals surface area contributed by atoms with Gasteiger partial charge in [0.15, 0.2) is 0 Å². The van der Waals surface area contributed by atoms with Crippen LogP contribution in [-0.4, -0.2) is 32.6 Å². The maximum Gasteiger partial charge on any atom is 0.225 e. The van der Waals surface area contributed by atoms with Crippen molar-refractivity contribution in [3.8, 4) is 0 Å². The Morgan fingerprint density at radius 3 is 2.61 bits per heavy atom. The molecule has 0 aliphatic carbocycles. The highest BCUT2D eigenvalue weighted by atomic mass is 79.9. The molecule has 0 aromatic carbocycles. The molecule has 1 fully saturated rings. The van der Waals surface area contributed by atoms with Gasteiger partial charge in [-0.1, -0.05) is 0 Å². The molecule has 3 rings (SSSR count). The van der Waals surface area contributed by atoms with Crippen LogP contribution < -0.4 is 4.90 Å². The van der Waals surface area contributed by atoms with Crippen LogP contribution in [0, 0.1) is 12.8 Å². The summed E-state index contributed by atoms with van der Waals surface area (Å²) < 4.78 is 3.11. The fraction of sp³-hybridized carbons (Fsp3) is 0.417. The molecule has 94 valence electrons. The highest BCUT2D eigenvalue weighted by Crippen LogP contribution is 2.23. The van der Waals surface area contributed by atoms with E-state index in [1.807, 2.05) is 19.3 Å². The van der Waals surface area contributed by atoms with Gasteiger partial charge in [-0.2, -0.15) is 0 Å². The third-order valence-electron chi connectivity index (χ3n) is 3.23. The van der Waals surface area contributed by atoms with Gasteiger partial charge in [0.1, 0.15) is 5.82 Å². The van der Waals surface area contributed by atoms with Gasteiger partial charge in [0.2, 0.25) is 5.95 Å². The normalized spacial score (nSPS) is 15.8. The van der Waals surface area contributed by atoms with E-state index >= 15 is 0 Å². The lowest BCUT2D eigenvalue weighted by Crippen LogP contribution is -2.49. The molecule has 1 aliphatic heterocycles. The second-order valence-corrected chi connectivity index (χ2v) is 5.51. The molecule has 6 heteroatoms. The Bertz CT molecular complexity index is 530. The maximum atomic E-state index is 4.30. The summed E-state index contributed by atoms with van der Waals surface area (Å²) in [5.41, 5.74) is 0. The van der Waals surface area contributed by atoms with Gasteiger partial charge in [0, 0.05) is 50.3 Å². The largest absolute Gasteiger partial charge is 0.340 e. The first-order valence-electron chi connectivity index (χ1n) is 5.92. The topological polar surface area (TPSA) is 46.8 Å². The van der Waals surface area contributed by atoms with Gasteiger partial charge in [-0.15, -0.1) is 0 Å². The zero-order valence-corrected chi connectivity index (χ0v) is 11.7. The first-order chi connectivity index (χ1) is 8.72. The number of rotatable bonds is 3. The monoisotopic (exact) mass is 307 g/mol. The number of imidazole rings is 1. The van der Waals surface area contributed by atoms with Crippen molar-refractivity contribution in [1.82, 2.24) is 19.5 Å². The third kappa shape index (κ3) is 2.25. The van der Waals surface area contributed by atoms with Gasteiger partial charge >= 0.3 is 0 Å². The predicted octanol–water partition coefficient (Wildman–Crippen LogP) is 1.88. The highest BCUT2D eigenvalue weighted by Gasteiger charge is 2.28. The van der Waals surface area contributed by atoms with E-state index in [2.05, 4.69) is 40.3 Å². The lowest BCUT2D eigenvalue weighted by molar-refractivity contribution is 0.350. The number of halogens is 1. The van der Waals surface area contributed by atoms with E-state index in [9.17, 15) is 0 Å². The molecule has 0 spiro atoms. The van der Waals surface area contributed by atoms with Crippen molar-refractivity contribution in [2.24, 2.45) is 5.92 Å². The second-order valence-electron chi connectivity index (χ2n) is 4.60. The molecule has 0 bridgehead atoms. The Labute approximate surface area is 114 Å². The van der Waals surface area contributed by atoms with E-state index in [-0.39, 0.29) is 0 Å². The highest BCUT2D eigenvalue weighted by molar-refractivity contribution is 9.10. The lowest BCUT2D eigenvalue weighted by Gasteiger charge is -2.39. The van der Waals surface area contributed by atoms with E-state index in [0.717, 1.165) is 35.9 Å². The smallest absolute Gasteiger partial charge is 0.225 e. The van der Waals surface area contributed by atoms with E-state index < -0.39 is 0 Å². The van der Waals surface area contributed by atoms with Crippen molar-refractivity contribution in [2.45, 2.75) is 13.5 Å². The standard InChI is InChI=1S/C12H14BrN5/c1-9-14-2-3-17(9)6-10-7-18(8-10)12-15-4-11(13)5-16-12/h2-5,10H,6-8H2,1H3. The van der Waals surface area contributed by atoms with E-state index in [0.29, 0.717) is 5.92 Å². The van der Waals surface area contributed by atoms with Crippen LogP contribution in [0.15, 0.2) is 29.3 Å². The van der Waals surface area contributed by atoms with Crippen LogP contribution in [0.3, 0.4) is 0 Å². The Morgan fingerprint density at radius 1 is 1.28 bits per heavy atom. The summed E-state index contributed by atoms with van der Waals surface area (Å²) >= 11 is 3.34. The van der Waals surface area contributed by atoms with Gasteiger partial charge < -0.3 is 9.47 Å². The van der Waals surface area contributed by atoms with Gasteiger partial charge in [-0.3, -0.25) is 0 Å². The van der Waals surface area contributed by atoms with Gasteiger partial charge in [-0.25, -0.2) is 15.0 Å². The molecule has 1 aliphatic rings. The Hall–Kier alpha value is -1.43. The van der Waals surface area contributed by atoms with E-state index in [1.54, 1.807) is 12.4 Å². The Morgan fingerprint density at radius 2 is 2.00 bits per heavy atom. The molecular weight excluding hydrogens is 294 g/mol. The number of anilines is 1. The minimum atomic E-state index is 0.658.